The number of piperidine rings is 1. The van der Waals surface area contributed by atoms with Crippen molar-refractivity contribution in [2.24, 2.45) is 5.92 Å². The fourth-order valence-corrected chi connectivity index (χ4v) is 2.64. The molecule has 1 heterocycles. The van der Waals surface area contributed by atoms with Gasteiger partial charge >= 0.3 is 0 Å². The zero-order valence-corrected chi connectivity index (χ0v) is 12.2. The highest BCUT2D eigenvalue weighted by Gasteiger charge is 2.18. The van der Waals surface area contributed by atoms with Gasteiger partial charge in [0.05, 0.1) is 0 Å². The van der Waals surface area contributed by atoms with Crippen molar-refractivity contribution in [1.29, 1.82) is 0 Å². The van der Waals surface area contributed by atoms with E-state index in [2.05, 4.69) is 41.4 Å². The molecule has 0 radical (unpaired) electrons. The molecule has 3 heteroatoms. The minimum atomic E-state index is 0.770. The van der Waals surface area contributed by atoms with Gasteiger partial charge in [0.15, 0.2) is 0 Å². The number of anilines is 1. The molecule has 1 aromatic rings. The molecular formula is C16H26N2O. The average Bonchev–Trinajstić information content (AvgIpc) is 2.43. The molecule has 1 aliphatic heterocycles. The van der Waals surface area contributed by atoms with Crippen LogP contribution in [0.1, 0.15) is 18.4 Å². The fourth-order valence-electron chi connectivity index (χ4n) is 2.64. The monoisotopic (exact) mass is 262 g/mol. The molecule has 1 saturated heterocycles. The highest BCUT2D eigenvalue weighted by atomic mass is 16.5. The Kier molecular flexibility index (Phi) is 5.67. The van der Waals surface area contributed by atoms with Crippen molar-refractivity contribution in [3.05, 3.63) is 29.8 Å². The van der Waals surface area contributed by atoms with Crippen LogP contribution in [0.25, 0.3) is 0 Å². The van der Waals surface area contributed by atoms with E-state index in [-0.39, 0.29) is 0 Å². The van der Waals surface area contributed by atoms with Crippen LogP contribution in [0.4, 0.5) is 5.69 Å². The normalized spacial score (nSPS) is 17.6. The third-order valence-electron chi connectivity index (χ3n) is 3.92. The molecule has 0 saturated carbocycles. The first-order chi connectivity index (χ1) is 9.28. The largest absolute Gasteiger partial charge is 0.384 e. The van der Waals surface area contributed by atoms with Crippen LogP contribution < -0.4 is 5.32 Å². The van der Waals surface area contributed by atoms with Crippen molar-refractivity contribution in [3.8, 4) is 0 Å². The molecule has 1 aliphatic rings. The van der Waals surface area contributed by atoms with Crippen LogP contribution in [0.5, 0.6) is 0 Å². The van der Waals surface area contributed by atoms with Crippen molar-refractivity contribution in [3.63, 3.8) is 0 Å². The second-order valence-corrected chi connectivity index (χ2v) is 5.53. The predicted molar refractivity (Wildman–Crippen MR) is 80.7 cm³/mol. The van der Waals surface area contributed by atoms with Gasteiger partial charge in [-0.1, -0.05) is 17.7 Å². The molecule has 0 bridgehead atoms. The molecule has 1 N–H and O–H groups in total. The average molecular weight is 262 g/mol. The lowest BCUT2D eigenvalue weighted by atomic mass is 9.98. The SMILES string of the molecule is COCC1CCN(CCNc2ccc(C)cc2)CC1. The van der Waals surface area contributed by atoms with E-state index in [9.17, 15) is 0 Å². The van der Waals surface area contributed by atoms with Gasteiger partial charge in [0, 0.05) is 32.5 Å². The molecule has 0 aliphatic carbocycles. The number of methoxy groups -OCH3 is 1. The van der Waals surface area contributed by atoms with E-state index in [0.29, 0.717) is 0 Å². The molecule has 0 unspecified atom stereocenters. The van der Waals surface area contributed by atoms with Crippen LogP contribution >= 0.6 is 0 Å². The van der Waals surface area contributed by atoms with Crippen LogP contribution in [0.2, 0.25) is 0 Å². The standard InChI is InChI=1S/C16H26N2O/c1-14-3-5-16(6-4-14)17-9-12-18-10-7-15(8-11-18)13-19-2/h3-6,15,17H,7-13H2,1-2H3. The Hall–Kier alpha value is -1.06. The smallest absolute Gasteiger partial charge is 0.0491 e. The van der Waals surface area contributed by atoms with E-state index < -0.39 is 0 Å². The zero-order valence-electron chi connectivity index (χ0n) is 12.2. The Bertz CT molecular complexity index is 356. The van der Waals surface area contributed by atoms with E-state index in [1.807, 2.05) is 0 Å². The summed E-state index contributed by atoms with van der Waals surface area (Å²) in [5.41, 5.74) is 2.53. The summed E-state index contributed by atoms with van der Waals surface area (Å²) in [7, 11) is 1.80. The summed E-state index contributed by atoms with van der Waals surface area (Å²) in [4.78, 5) is 2.55. The summed E-state index contributed by atoms with van der Waals surface area (Å²) in [5.74, 6) is 0.770. The van der Waals surface area contributed by atoms with Crippen molar-refractivity contribution < 1.29 is 4.74 Å². The van der Waals surface area contributed by atoms with Gasteiger partial charge in [-0.3, -0.25) is 0 Å². The molecule has 3 nitrogen and oxygen atoms in total. The van der Waals surface area contributed by atoms with E-state index in [1.54, 1.807) is 7.11 Å². The Morgan fingerprint density at radius 2 is 1.89 bits per heavy atom. The molecule has 106 valence electrons. The number of aryl methyl sites for hydroxylation is 1. The van der Waals surface area contributed by atoms with Gasteiger partial charge in [-0.05, 0) is 50.9 Å². The lowest BCUT2D eigenvalue weighted by Gasteiger charge is -2.31. The van der Waals surface area contributed by atoms with Gasteiger partial charge < -0.3 is 15.0 Å². The topological polar surface area (TPSA) is 24.5 Å². The van der Waals surface area contributed by atoms with Crippen LogP contribution in [-0.4, -0.2) is 44.8 Å². The van der Waals surface area contributed by atoms with Crippen molar-refractivity contribution in [1.82, 2.24) is 4.90 Å². The van der Waals surface area contributed by atoms with E-state index in [4.69, 9.17) is 4.74 Å². The highest BCUT2D eigenvalue weighted by Crippen LogP contribution is 2.17. The predicted octanol–water partition coefficient (Wildman–Crippen LogP) is 2.77. The fraction of sp³-hybridized carbons (Fsp3) is 0.625. The van der Waals surface area contributed by atoms with Crippen molar-refractivity contribution in [2.45, 2.75) is 19.8 Å². The van der Waals surface area contributed by atoms with Gasteiger partial charge in [-0.25, -0.2) is 0 Å². The molecule has 0 spiro atoms. The summed E-state index contributed by atoms with van der Waals surface area (Å²) in [5, 5.41) is 3.49. The summed E-state index contributed by atoms with van der Waals surface area (Å²) >= 11 is 0. The summed E-state index contributed by atoms with van der Waals surface area (Å²) < 4.78 is 5.23. The van der Waals surface area contributed by atoms with E-state index >= 15 is 0 Å². The van der Waals surface area contributed by atoms with E-state index in [0.717, 1.165) is 25.6 Å². The first kappa shape index (κ1) is 14.4. The molecule has 1 fully saturated rings. The Labute approximate surface area is 116 Å². The molecule has 0 atom stereocenters. The molecule has 0 amide bonds. The van der Waals surface area contributed by atoms with Crippen LogP contribution in [0.15, 0.2) is 24.3 Å². The van der Waals surface area contributed by atoms with Crippen molar-refractivity contribution in [2.75, 3.05) is 45.2 Å². The maximum atomic E-state index is 5.23. The van der Waals surface area contributed by atoms with Crippen LogP contribution in [0.3, 0.4) is 0 Å². The summed E-state index contributed by atoms with van der Waals surface area (Å²) in [6, 6.07) is 8.61. The summed E-state index contributed by atoms with van der Waals surface area (Å²) in [6.07, 6.45) is 2.55. The van der Waals surface area contributed by atoms with Gasteiger partial charge in [-0.2, -0.15) is 0 Å². The summed E-state index contributed by atoms with van der Waals surface area (Å²) in [6.45, 7) is 7.63. The first-order valence-corrected chi connectivity index (χ1v) is 7.30. The third kappa shape index (κ3) is 4.84. The molecule has 19 heavy (non-hydrogen) atoms. The lowest BCUT2D eigenvalue weighted by Crippen LogP contribution is -2.37. The second kappa shape index (κ2) is 7.51. The Balaban J connectivity index is 1.63. The minimum Gasteiger partial charge on any atom is -0.384 e. The van der Waals surface area contributed by atoms with Crippen molar-refractivity contribution >= 4 is 5.69 Å². The van der Waals surface area contributed by atoms with Crippen LogP contribution in [-0.2, 0) is 4.74 Å². The Morgan fingerprint density at radius 3 is 2.53 bits per heavy atom. The van der Waals surface area contributed by atoms with Crippen LogP contribution in [0, 0.1) is 12.8 Å². The van der Waals surface area contributed by atoms with Gasteiger partial charge in [0.2, 0.25) is 0 Å². The number of hydrogen-bond donors (Lipinski definition) is 1. The van der Waals surface area contributed by atoms with E-state index in [1.165, 1.54) is 37.2 Å². The molecule has 2 rings (SSSR count). The number of ether oxygens (including phenoxy) is 1. The Morgan fingerprint density at radius 1 is 1.21 bits per heavy atom. The van der Waals surface area contributed by atoms with Gasteiger partial charge in [0.25, 0.3) is 0 Å². The minimum absolute atomic E-state index is 0.770. The lowest BCUT2D eigenvalue weighted by molar-refractivity contribution is 0.101. The molecule has 0 aromatic heterocycles. The highest BCUT2D eigenvalue weighted by molar-refractivity contribution is 5.44. The number of rotatable bonds is 6. The second-order valence-electron chi connectivity index (χ2n) is 5.53. The number of benzene rings is 1. The maximum Gasteiger partial charge on any atom is 0.0491 e. The number of nitrogens with zero attached hydrogens (tertiary/aromatic N) is 1. The third-order valence-corrected chi connectivity index (χ3v) is 3.92. The quantitative estimate of drug-likeness (QED) is 0.853. The van der Waals surface area contributed by atoms with Gasteiger partial charge in [0.1, 0.15) is 0 Å². The molecular weight excluding hydrogens is 236 g/mol. The number of hydrogen-bond acceptors (Lipinski definition) is 3. The number of nitrogens with one attached hydrogen (secondary N) is 1. The first-order valence-electron chi connectivity index (χ1n) is 7.30. The van der Waals surface area contributed by atoms with Gasteiger partial charge in [-0.15, -0.1) is 0 Å². The maximum absolute atomic E-state index is 5.23. The number of likely N-dealkylation sites (tertiary alicyclic amines) is 1. The zero-order chi connectivity index (χ0) is 13.5. The molecule has 1 aromatic carbocycles.